The number of rotatable bonds is 4. The topological polar surface area (TPSA) is 59.0 Å². The normalized spacial score (nSPS) is 10.3. The fourth-order valence-electron chi connectivity index (χ4n) is 2.11. The van der Waals surface area contributed by atoms with E-state index in [4.69, 9.17) is 0 Å². The van der Waals surface area contributed by atoms with Crippen LogP contribution in [-0.4, -0.2) is 15.8 Å². The highest BCUT2D eigenvalue weighted by Crippen LogP contribution is 2.14. The van der Waals surface area contributed by atoms with Gasteiger partial charge in [-0.05, 0) is 43.5 Å². The maximum atomic E-state index is 11.9. The van der Waals surface area contributed by atoms with Gasteiger partial charge in [-0.1, -0.05) is 13.0 Å². The highest BCUT2D eigenvalue weighted by Gasteiger charge is 2.05. The first-order valence-electron chi connectivity index (χ1n) is 6.76. The van der Waals surface area contributed by atoms with Gasteiger partial charge >= 0.3 is 6.03 Å². The molecule has 0 atom stereocenters. The number of urea groups is 1. The zero-order valence-electron chi connectivity index (χ0n) is 12.1. The van der Waals surface area contributed by atoms with Crippen LogP contribution < -0.4 is 10.6 Å². The van der Waals surface area contributed by atoms with Gasteiger partial charge < -0.3 is 5.32 Å². The van der Waals surface area contributed by atoms with Gasteiger partial charge in [0.1, 0.15) is 0 Å². The van der Waals surface area contributed by atoms with E-state index in [2.05, 4.69) is 28.7 Å². The molecule has 2 aromatic rings. The van der Waals surface area contributed by atoms with E-state index in [1.165, 1.54) is 0 Å². The summed E-state index contributed by atoms with van der Waals surface area (Å²) in [5.41, 5.74) is 3.02. The van der Waals surface area contributed by atoms with Crippen molar-refractivity contribution in [1.82, 2.24) is 9.78 Å². The van der Waals surface area contributed by atoms with E-state index in [0.29, 0.717) is 5.82 Å². The Morgan fingerprint density at radius 2 is 1.90 bits per heavy atom. The van der Waals surface area contributed by atoms with E-state index in [1.807, 2.05) is 36.9 Å². The quantitative estimate of drug-likeness (QED) is 0.894. The molecule has 0 aliphatic carbocycles. The Morgan fingerprint density at radius 1 is 1.20 bits per heavy atom. The zero-order valence-corrected chi connectivity index (χ0v) is 12.1. The monoisotopic (exact) mass is 272 g/mol. The molecule has 5 heteroatoms. The Bertz CT molecular complexity index is 583. The van der Waals surface area contributed by atoms with Crippen LogP contribution in [-0.2, 0) is 6.54 Å². The fraction of sp³-hybridized carbons (Fsp3) is 0.333. The lowest BCUT2D eigenvalue weighted by molar-refractivity contribution is 0.262. The Balaban J connectivity index is 1.97. The third-order valence-electron chi connectivity index (χ3n) is 2.81. The zero-order chi connectivity index (χ0) is 14.5. The molecule has 1 heterocycles. The fourth-order valence-corrected chi connectivity index (χ4v) is 2.11. The molecular formula is C15H20N4O. The lowest BCUT2D eigenvalue weighted by atomic mass is 10.1. The number of anilines is 2. The summed E-state index contributed by atoms with van der Waals surface area (Å²) >= 11 is 0. The van der Waals surface area contributed by atoms with E-state index < -0.39 is 0 Å². The van der Waals surface area contributed by atoms with Crippen molar-refractivity contribution < 1.29 is 4.79 Å². The lowest BCUT2D eigenvalue weighted by Crippen LogP contribution is -2.20. The number of benzene rings is 1. The van der Waals surface area contributed by atoms with E-state index in [0.717, 1.165) is 29.8 Å². The van der Waals surface area contributed by atoms with Crippen LogP contribution >= 0.6 is 0 Å². The Hall–Kier alpha value is -2.30. The van der Waals surface area contributed by atoms with Gasteiger partial charge in [-0.15, -0.1) is 0 Å². The van der Waals surface area contributed by atoms with Gasteiger partial charge in [-0.2, -0.15) is 5.10 Å². The molecule has 2 rings (SSSR count). The number of aromatic nitrogens is 2. The Kier molecular flexibility index (Phi) is 4.40. The van der Waals surface area contributed by atoms with Crippen molar-refractivity contribution in [2.24, 2.45) is 0 Å². The van der Waals surface area contributed by atoms with Crippen LogP contribution in [0.3, 0.4) is 0 Å². The summed E-state index contributed by atoms with van der Waals surface area (Å²) < 4.78 is 1.81. The predicted molar refractivity (Wildman–Crippen MR) is 81.1 cm³/mol. The molecule has 0 fully saturated rings. The largest absolute Gasteiger partial charge is 0.324 e. The Labute approximate surface area is 119 Å². The van der Waals surface area contributed by atoms with Crippen LogP contribution in [0.2, 0.25) is 0 Å². The van der Waals surface area contributed by atoms with Crippen molar-refractivity contribution >= 4 is 17.5 Å². The molecule has 0 radical (unpaired) electrons. The van der Waals surface area contributed by atoms with Crippen molar-refractivity contribution in [1.29, 1.82) is 0 Å². The van der Waals surface area contributed by atoms with Gasteiger partial charge in [0, 0.05) is 24.5 Å². The molecule has 1 aromatic carbocycles. The highest BCUT2D eigenvalue weighted by atomic mass is 16.2. The molecule has 20 heavy (non-hydrogen) atoms. The maximum Gasteiger partial charge on any atom is 0.324 e. The standard InChI is InChI=1S/C15H20N4O/c1-4-6-19-7-5-14(18-19)17-15(20)16-13-9-11(2)8-12(3)10-13/h5,7-10H,4,6H2,1-3H3,(H2,16,17,18,20). The molecule has 2 N–H and O–H groups in total. The average molecular weight is 272 g/mol. The summed E-state index contributed by atoms with van der Waals surface area (Å²) in [6, 6.07) is 7.44. The van der Waals surface area contributed by atoms with Gasteiger partial charge in [-0.3, -0.25) is 10.00 Å². The minimum Gasteiger partial charge on any atom is -0.308 e. The predicted octanol–water partition coefficient (Wildman–Crippen LogP) is 3.55. The van der Waals surface area contributed by atoms with Crippen LogP contribution in [0.5, 0.6) is 0 Å². The van der Waals surface area contributed by atoms with Crippen LogP contribution in [0.1, 0.15) is 24.5 Å². The molecule has 0 unspecified atom stereocenters. The summed E-state index contributed by atoms with van der Waals surface area (Å²) in [5, 5.41) is 9.80. The molecule has 1 aromatic heterocycles. The molecule has 0 aliphatic rings. The Morgan fingerprint density at radius 3 is 2.55 bits per heavy atom. The molecule has 0 saturated heterocycles. The first-order chi connectivity index (χ1) is 9.56. The highest BCUT2D eigenvalue weighted by molar-refractivity contribution is 5.99. The number of hydrogen-bond donors (Lipinski definition) is 2. The molecule has 5 nitrogen and oxygen atoms in total. The SMILES string of the molecule is CCCn1ccc(NC(=O)Nc2cc(C)cc(C)c2)n1. The van der Waals surface area contributed by atoms with Crippen LogP contribution in [0.4, 0.5) is 16.3 Å². The second kappa shape index (κ2) is 6.23. The molecule has 106 valence electrons. The minimum atomic E-state index is -0.281. The second-order valence-corrected chi connectivity index (χ2v) is 4.92. The number of carbonyl (C=O) groups excluding carboxylic acids is 1. The van der Waals surface area contributed by atoms with Crippen molar-refractivity contribution in [3.05, 3.63) is 41.6 Å². The van der Waals surface area contributed by atoms with Crippen molar-refractivity contribution in [2.45, 2.75) is 33.7 Å². The minimum absolute atomic E-state index is 0.281. The smallest absolute Gasteiger partial charge is 0.308 e. The molecule has 0 aliphatic heterocycles. The van der Waals surface area contributed by atoms with E-state index >= 15 is 0 Å². The molecule has 0 spiro atoms. The summed E-state index contributed by atoms with van der Waals surface area (Å²) in [7, 11) is 0. The van der Waals surface area contributed by atoms with Crippen LogP contribution in [0, 0.1) is 13.8 Å². The van der Waals surface area contributed by atoms with Gasteiger partial charge in [0.15, 0.2) is 5.82 Å². The summed E-state index contributed by atoms with van der Waals surface area (Å²) in [4.78, 5) is 11.9. The molecular weight excluding hydrogens is 252 g/mol. The van der Waals surface area contributed by atoms with Crippen LogP contribution in [0.25, 0.3) is 0 Å². The lowest BCUT2D eigenvalue weighted by Gasteiger charge is -2.07. The average Bonchev–Trinajstić information content (AvgIpc) is 2.75. The van der Waals surface area contributed by atoms with Gasteiger partial charge in [-0.25, -0.2) is 4.79 Å². The van der Waals surface area contributed by atoms with E-state index in [-0.39, 0.29) is 6.03 Å². The number of amides is 2. The first-order valence-corrected chi connectivity index (χ1v) is 6.76. The second-order valence-electron chi connectivity index (χ2n) is 4.92. The third kappa shape index (κ3) is 3.85. The van der Waals surface area contributed by atoms with E-state index in [1.54, 1.807) is 6.07 Å². The first kappa shape index (κ1) is 14.1. The maximum absolute atomic E-state index is 11.9. The molecule has 2 amide bonds. The summed E-state index contributed by atoms with van der Waals surface area (Å²) in [6.45, 7) is 6.94. The number of nitrogens with zero attached hydrogens (tertiary/aromatic N) is 2. The van der Waals surface area contributed by atoms with Crippen LogP contribution in [0.15, 0.2) is 30.5 Å². The van der Waals surface area contributed by atoms with Crippen molar-refractivity contribution in [2.75, 3.05) is 10.6 Å². The number of hydrogen-bond acceptors (Lipinski definition) is 2. The molecule has 0 bridgehead atoms. The number of nitrogens with one attached hydrogen (secondary N) is 2. The number of carbonyl (C=O) groups is 1. The van der Waals surface area contributed by atoms with E-state index in [9.17, 15) is 4.79 Å². The summed E-state index contributed by atoms with van der Waals surface area (Å²) in [6.07, 6.45) is 2.87. The van der Waals surface area contributed by atoms with Gasteiger partial charge in [0.25, 0.3) is 0 Å². The van der Waals surface area contributed by atoms with Crippen molar-refractivity contribution in [3.63, 3.8) is 0 Å². The summed E-state index contributed by atoms with van der Waals surface area (Å²) in [5.74, 6) is 0.556. The number of aryl methyl sites for hydroxylation is 3. The third-order valence-corrected chi connectivity index (χ3v) is 2.81. The molecule has 0 saturated carbocycles. The van der Waals surface area contributed by atoms with Crippen molar-refractivity contribution in [3.8, 4) is 0 Å². The van der Waals surface area contributed by atoms with Gasteiger partial charge in [0.05, 0.1) is 0 Å². The van der Waals surface area contributed by atoms with Gasteiger partial charge in [0.2, 0.25) is 0 Å².